The molecule has 0 saturated carbocycles. The summed E-state index contributed by atoms with van der Waals surface area (Å²) in [5, 5.41) is 9.36. The highest BCUT2D eigenvalue weighted by molar-refractivity contribution is 7.86. The molecule has 0 spiro atoms. The number of rotatable bonds is 2. The van der Waals surface area contributed by atoms with Gasteiger partial charge in [0.05, 0.1) is 19.5 Å². The Hall–Kier alpha value is -0.210. The van der Waals surface area contributed by atoms with E-state index < -0.39 is 34.5 Å². The molecule has 0 bridgehead atoms. The normalized spacial score (nSPS) is 42.7. The standard InChI is InChI=1S/C7H12O6S/c1-14(9,10)13-5-3-12-6-4(8)2-11-7(5)6/h4-8H,2-3H2,1H3. The Morgan fingerprint density at radius 2 is 1.93 bits per heavy atom. The van der Waals surface area contributed by atoms with Crippen molar-refractivity contribution in [2.75, 3.05) is 19.5 Å². The lowest BCUT2D eigenvalue weighted by Crippen LogP contribution is -2.33. The van der Waals surface area contributed by atoms with E-state index in [1.807, 2.05) is 0 Å². The van der Waals surface area contributed by atoms with Crippen LogP contribution in [0.25, 0.3) is 0 Å². The molecule has 1 N–H and O–H groups in total. The van der Waals surface area contributed by atoms with E-state index in [0.29, 0.717) is 0 Å². The van der Waals surface area contributed by atoms with Gasteiger partial charge in [-0.2, -0.15) is 8.42 Å². The van der Waals surface area contributed by atoms with Crippen LogP contribution in [0.1, 0.15) is 0 Å². The Bertz CT molecular complexity index is 312. The molecule has 0 aliphatic carbocycles. The average molecular weight is 224 g/mol. The zero-order valence-electron chi connectivity index (χ0n) is 7.62. The molecular formula is C7H12O6S. The Kier molecular flexibility index (Phi) is 2.52. The van der Waals surface area contributed by atoms with Crippen molar-refractivity contribution in [3.05, 3.63) is 0 Å². The van der Waals surface area contributed by atoms with Crippen molar-refractivity contribution in [1.82, 2.24) is 0 Å². The third-order valence-electron chi connectivity index (χ3n) is 2.28. The summed E-state index contributed by atoms with van der Waals surface area (Å²) in [7, 11) is -3.51. The van der Waals surface area contributed by atoms with Gasteiger partial charge in [0.25, 0.3) is 10.1 Å². The SMILES string of the molecule is CS(=O)(=O)OC1COC2C(O)COC12. The molecule has 4 atom stereocenters. The van der Waals surface area contributed by atoms with Crippen LogP contribution in [0.3, 0.4) is 0 Å². The fourth-order valence-corrected chi connectivity index (χ4v) is 2.37. The van der Waals surface area contributed by atoms with Crippen molar-refractivity contribution in [2.45, 2.75) is 24.4 Å². The molecule has 0 aromatic heterocycles. The zero-order chi connectivity index (χ0) is 10.3. The topological polar surface area (TPSA) is 82.1 Å². The summed E-state index contributed by atoms with van der Waals surface area (Å²) in [6, 6.07) is 0. The minimum atomic E-state index is -3.51. The fraction of sp³-hybridized carbons (Fsp3) is 1.00. The molecule has 4 unspecified atom stereocenters. The number of ether oxygens (including phenoxy) is 2. The third kappa shape index (κ3) is 1.91. The first-order chi connectivity index (χ1) is 6.47. The van der Waals surface area contributed by atoms with Crippen molar-refractivity contribution in [3.8, 4) is 0 Å². The van der Waals surface area contributed by atoms with Gasteiger partial charge in [-0.1, -0.05) is 0 Å². The number of hydrogen-bond donors (Lipinski definition) is 1. The van der Waals surface area contributed by atoms with Gasteiger partial charge in [-0.05, 0) is 0 Å². The summed E-state index contributed by atoms with van der Waals surface area (Å²) in [5.74, 6) is 0. The largest absolute Gasteiger partial charge is 0.388 e. The molecule has 0 radical (unpaired) electrons. The summed E-state index contributed by atoms with van der Waals surface area (Å²) in [6.45, 7) is 0.304. The van der Waals surface area contributed by atoms with Crippen molar-refractivity contribution in [2.24, 2.45) is 0 Å². The molecule has 2 saturated heterocycles. The van der Waals surface area contributed by atoms with Crippen LogP contribution in [0.2, 0.25) is 0 Å². The van der Waals surface area contributed by atoms with Crippen LogP contribution in [0.5, 0.6) is 0 Å². The number of aliphatic hydroxyl groups excluding tert-OH is 1. The van der Waals surface area contributed by atoms with Crippen LogP contribution in [0.4, 0.5) is 0 Å². The monoisotopic (exact) mass is 224 g/mol. The lowest BCUT2D eigenvalue weighted by Gasteiger charge is -2.14. The Labute approximate surface area is 81.9 Å². The Morgan fingerprint density at radius 3 is 2.57 bits per heavy atom. The Balaban J connectivity index is 2.04. The van der Waals surface area contributed by atoms with E-state index in [9.17, 15) is 13.5 Å². The first-order valence-corrected chi connectivity index (χ1v) is 6.08. The van der Waals surface area contributed by atoms with Crippen molar-refractivity contribution < 1.29 is 27.2 Å². The van der Waals surface area contributed by atoms with Crippen LogP contribution in [0.15, 0.2) is 0 Å². The first-order valence-electron chi connectivity index (χ1n) is 4.27. The highest BCUT2D eigenvalue weighted by Gasteiger charge is 2.48. The molecule has 82 valence electrons. The molecule has 2 fully saturated rings. The van der Waals surface area contributed by atoms with Gasteiger partial charge >= 0.3 is 0 Å². The van der Waals surface area contributed by atoms with Crippen LogP contribution in [-0.2, 0) is 23.8 Å². The maximum atomic E-state index is 10.9. The second-order valence-corrected chi connectivity index (χ2v) is 5.10. The zero-order valence-corrected chi connectivity index (χ0v) is 8.44. The second kappa shape index (κ2) is 3.42. The molecule has 0 aromatic carbocycles. The molecule has 2 aliphatic rings. The molecule has 0 amide bonds. The average Bonchev–Trinajstić information content (AvgIpc) is 2.55. The molecule has 7 heteroatoms. The lowest BCUT2D eigenvalue weighted by molar-refractivity contribution is 0.00994. The van der Waals surface area contributed by atoms with Crippen molar-refractivity contribution in [1.29, 1.82) is 0 Å². The van der Waals surface area contributed by atoms with Gasteiger partial charge in [-0.3, -0.25) is 4.18 Å². The lowest BCUT2D eigenvalue weighted by atomic mass is 10.1. The van der Waals surface area contributed by atoms with Gasteiger partial charge in [0.2, 0.25) is 0 Å². The van der Waals surface area contributed by atoms with Gasteiger partial charge < -0.3 is 14.6 Å². The third-order valence-corrected chi connectivity index (χ3v) is 2.88. The Morgan fingerprint density at radius 1 is 1.29 bits per heavy atom. The quantitative estimate of drug-likeness (QED) is 0.574. The van der Waals surface area contributed by atoms with E-state index in [4.69, 9.17) is 13.7 Å². The summed E-state index contributed by atoms with van der Waals surface area (Å²) < 4.78 is 36.9. The smallest absolute Gasteiger partial charge is 0.264 e. The van der Waals surface area contributed by atoms with Gasteiger partial charge in [0, 0.05) is 0 Å². The molecule has 2 heterocycles. The van der Waals surface area contributed by atoms with Gasteiger partial charge in [-0.25, -0.2) is 0 Å². The van der Waals surface area contributed by atoms with Crippen LogP contribution in [-0.4, -0.2) is 57.4 Å². The molecule has 0 aromatic rings. The fourth-order valence-electron chi connectivity index (χ4n) is 1.75. The van der Waals surface area contributed by atoms with Crippen LogP contribution in [0, 0.1) is 0 Å². The van der Waals surface area contributed by atoms with Crippen molar-refractivity contribution >= 4 is 10.1 Å². The van der Waals surface area contributed by atoms with Crippen LogP contribution < -0.4 is 0 Å². The molecule has 2 rings (SSSR count). The highest BCUT2D eigenvalue weighted by atomic mass is 32.2. The summed E-state index contributed by atoms with van der Waals surface area (Å²) >= 11 is 0. The van der Waals surface area contributed by atoms with E-state index in [2.05, 4.69) is 0 Å². The van der Waals surface area contributed by atoms with E-state index >= 15 is 0 Å². The van der Waals surface area contributed by atoms with Gasteiger partial charge in [0.1, 0.15) is 24.4 Å². The number of hydrogen-bond acceptors (Lipinski definition) is 6. The predicted octanol–water partition coefficient (Wildman–Crippen LogP) is -1.51. The first kappa shape index (κ1) is 10.3. The van der Waals surface area contributed by atoms with E-state index in [1.54, 1.807) is 0 Å². The van der Waals surface area contributed by atoms with Crippen molar-refractivity contribution in [3.63, 3.8) is 0 Å². The second-order valence-electron chi connectivity index (χ2n) is 3.50. The summed E-state index contributed by atoms with van der Waals surface area (Å²) in [4.78, 5) is 0. The van der Waals surface area contributed by atoms with Crippen LogP contribution >= 0.6 is 0 Å². The predicted molar refractivity (Wildman–Crippen MR) is 45.2 cm³/mol. The van der Waals surface area contributed by atoms with E-state index in [1.165, 1.54) is 0 Å². The molecule has 2 aliphatic heterocycles. The highest BCUT2D eigenvalue weighted by Crippen LogP contribution is 2.29. The van der Waals surface area contributed by atoms with E-state index in [0.717, 1.165) is 6.26 Å². The minimum Gasteiger partial charge on any atom is -0.388 e. The molecule has 14 heavy (non-hydrogen) atoms. The maximum absolute atomic E-state index is 10.9. The maximum Gasteiger partial charge on any atom is 0.264 e. The van der Waals surface area contributed by atoms with Gasteiger partial charge in [-0.15, -0.1) is 0 Å². The summed E-state index contributed by atoms with van der Waals surface area (Å²) in [5.41, 5.74) is 0. The van der Waals surface area contributed by atoms with E-state index in [-0.39, 0.29) is 13.2 Å². The number of fused-ring (bicyclic) bond motifs is 1. The minimum absolute atomic E-state index is 0.138. The molecular weight excluding hydrogens is 212 g/mol. The number of aliphatic hydroxyl groups is 1. The van der Waals surface area contributed by atoms with Gasteiger partial charge in [0.15, 0.2) is 0 Å². The molecule has 6 nitrogen and oxygen atoms in total. The summed E-state index contributed by atoms with van der Waals surface area (Å²) in [6.07, 6.45) is -1.27.